The highest BCUT2D eigenvalue weighted by Crippen LogP contribution is 2.30. The third-order valence-electron chi connectivity index (χ3n) is 4.93. The number of aromatic nitrogens is 2. The van der Waals surface area contributed by atoms with Gasteiger partial charge >= 0.3 is 0 Å². The average Bonchev–Trinajstić information content (AvgIpc) is 3.13. The molecule has 0 bridgehead atoms. The van der Waals surface area contributed by atoms with E-state index < -0.39 is 4.92 Å². The number of para-hydroxylation sites is 1. The molecule has 150 valence electrons. The molecule has 0 saturated heterocycles. The maximum Gasteiger partial charge on any atom is 0.269 e. The molecule has 4 aromatic rings. The van der Waals surface area contributed by atoms with Gasteiger partial charge in [-0.15, -0.1) is 0 Å². The maximum atomic E-state index is 12.3. The van der Waals surface area contributed by atoms with Crippen molar-refractivity contribution in [3.8, 4) is 11.4 Å². The van der Waals surface area contributed by atoms with Gasteiger partial charge in [0, 0.05) is 41.3 Å². The van der Waals surface area contributed by atoms with Crippen LogP contribution in [0.2, 0.25) is 0 Å². The van der Waals surface area contributed by atoms with Gasteiger partial charge in [0.2, 0.25) is 5.91 Å². The van der Waals surface area contributed by atoms with Crippen LogP contribution in [-0.4, -0.2) is 20.8 Å². The zero-order valence-electron chi connectivity index (χ0n) is 16.2. The van der Waals surface area contributed by atoms with Crippen molar-refractivity contribution in [3.63, 3.8) is 0 Å². The normalized spacial score (nSPS) is 10.8. The van der Waals surface area contributed by atoms with Crippen molar-refractivity contribution in [2.75, 3.05) is 5.32 Å². The number of aromatic amines is 1. The van der Waals surface area contributed by atoms with Crippen LogP contribution in [0.4, 0.5) is 11.4 Å². The van der Waals surface area contributed by atoms with Gasteiger partial charge in [0.1, 0.15) is 0 Å². The van der Waals surface area contributed by atoms with E-state index in [1.807, 2.05) is 36.4 Å². The third kappa shape index (κ3) is 4.20. The molecule has 0 aliphatic rings. The topological polar surface area (TPSA) is 101 Å². The van der Waals surface area contributed by atoms with Gasteiger partial charge in [0.05, 0.1) is 16.3 Å². The fourth-order valence-corrected chi connectivity index (χ4v) is 3.50. The lowest BCUT2D eigenvalue weighted by Crippen LogP contribution is -2.11. The summed E-state index contributed by atoms with van der Waals surface area (Å²) in [6, 6.07) is 19.7. The van der Waals surface area contributed by atoms with Crippen LogP contribution in [0.25, 0.3) is 22.3 Å². The SMILES string of the molecule is O=C(CCCc1c(-c2ccccn2)[nH]c2ccccc12)Nc1ccc([N+](=O)[O-])cc1. The molecule has 0 radical (unpaired) electrons. The quantitative estimate of drug-likeness (QED) is 0.333. The number of carbonyl (C=O) groups is 1. The van der Waals surface area contributed by atoms with Crippen molar-refractivity contribution in [2.45, 2.75) is 19.3 Å². The minimum Gasteiger partial charge on any atom is -0.353 e. The molecule has 0 spiro atoms. The molecular formula is C23H20N4O3. The van der Waals surface area contributed by atoms with Crippen LogP contribution in [-0.2, 0) is 11.2 Å². The minimum absolute atomic E-state index is 0.00520. The summed E-state index contributed by atoms with van der Waals surface area (Å²) >= 11 is 0. The molecular weight excluding hydrogens is 380 g/mol. The number of nitrogens with one attached hydrogen (secondary N) is 2. The summed E-state index contributed by atoms with van der Waals surface area (Å²) < 4.78 is 0. The Morgan fingerprint density at radius 2 is 1.80 bits per heavy atom. The summed E-state index contributed by atoms with van der Waals surface area (Å²) in [5.74, 6) is -0.122. The number of benzene rings is 2. The number of anilines is 1. The standard InChI is InChI=1S/C23H20N4O3/c28-22(25-16-11-13-17(14-12-16)27(29)30)10-5-7-19-18-6-1-2-8-20(18)26-23(19)21-9-3-4-15-24-21/h1-4,6,8-9,11-15,26H,5,7,10H2,(H,25,28). The van der Waals surface area contributed by atoms with E-state index in [-0.39, 0.29) is 11.6 Å². The molecule has 30 heavy (non-hydrogen) atoms. The van der Waals surface area contributed by atoms with Crippen LogP contribution in [0.5, 0.6) is 0 Å². The second-order valence-corrected chi connectivity index (χ2v) is 6.94. The first-order chi connectivity index (χ1) is 14.6. The second-order valence-electron chi connectivity index (χ2n) is 6.94. The van der Waals surface area contributed by atoms with Gasteiger partial charge < -0.3 is 10.3 Å². The number of nitro groups is 1. The number of H-pyrrole nitrogens is 1. The van der Waals surface area contributed by atoms with Crippen molar-refractivity contribution >= 4 is 28.2 Å². The first-order valence-corrected chi connectivity index (χ1v) is 9.67. The van der Waals surface area contributed by atoms with Crippen molar-refractivity contribution in [1.82, 2.24) is 9.97 Å². The van der Waals surface area contributed by atoms with Gasteiger partial charge in [-0.25, -0.2) is 0 Å². The zero-order chi connectivity index (χ0) is 20.9. The number of carbonyl (C=O) groups excluding carboxylic acids is 1. The van der Waals surface area contributed by atoms with E-state index in [9.17, 15) is 14.9 Å². The van der Waals surface area contributed by atoms with E-state index in [2.05, 4.69) is 21.4 Å². The molecule has 0 aliphatic carbocycles. The van der Waals surface area contributed by atoms with Crippen molar-refractivity contribution in [3.05, 3.63) is 88.6 Å². The molecule has 4 rings (SSSR count). The highest BCUT2D eigenvalue weighted by Gasteiger charge is 2.14. The molecule has 2 aromatic carbocycles. The smallest absolute Gasteiger partial charge is 0.269 e. The number of rotatable bonds is 7. The molecule has 2 aromatic heterocycles. The number of nitro benzene ring substituents is 1. The Balaban J connectivity index is 1.44. The Labute approximate surface area is 172 Å². The molecule has 2 N–H and O–H groups in total. The number of non-ortho nitro benzene ring substituents is 1. The minimum atomic E-state index is -0.466. The monoisotopic (exact) mass is 400 g/mol. The summed E-state index contributed by atoms with van der Waals surface area (Å²) in [5.41, 5.74) is 4.59. The summed E-state index contributed by atoms with van der Waals surface area (Å²) in [6.07, 6.45) is 3.50. The van der Waals surface area contributed by atoms with Gasteiger partial charge in [-0.3, -0.25) is 19.9 Å². The van der Waals surface area contributed by atoms with Crippen molar-refractivity contribution in [2.24, 2.45) is 0 Å². The fourth-order valence-electron chi connectivity index (χ4n) is 3.50. The van der Waals surface area contributed by atoms with E-state index in [0.29, 0.717) is 18.5 Å². The van der Waals surface area contributed by atoms with Gasteiger partial charge in [-0.1, -0.05) is 24.3 Å². The Bertz CT molecular complexity index is 1180. The van der Waals surface area contributed by atoms with Gasteiger partial charge in [-0.05, 0) is 48.7 Å². The number of fused-ring (bicyclic) bond motifs is 1. The molecule has 0 fully saturated rings. The summed E-state index contributed by atoms with van der Waals surface area (Å²) in [5, 5.41) is 14.6. The lowest BCUT2D eigenvalue weighted by Gasteiger charge is -2.07. The van der Waals surface area contributed by atoms with Gasteiger partial charge in [0.15, 0.2) is 0 Å². The second kappa shape index (κ2) is 8.57. The summed E-state index contributed by atoms with van der Waals surface area (Å²) in [4.78, 5) is 30.5. The number of aryl methyl sites for hydroxylation is 1. The molecule has 0 unspecified atom stereocenters. The van der Waals surface area contributed by atoms with Crippen molar-refractivity contribution < 1.29 is 9.72 Å². The van der Waals surface area contributed by atoms with Crippen LogP contribution in [0.15, 0.2) is 72.9 Å². The predicted octanol–water partition coefficient (Wildman–Crippen LogP) is 5.10. The van der Waals surface area contributed by atoms with Crippen LogP contribution in [0, 0.1) is 10.1 Å². The Kier molecular flexibility index (Phi) is 5.52. The Morgan fingerprint density at radius 1 is 1.03 bits per heavy atom. The molecule has 2 heterocycles. The van der Waals surface area contributed by atoms with Crippen LogP contribution in [0.3, 0.4) is 0 Å². The third-order valence-corrected chi connectivity index (χ3v) is 4.93. The lowest BCUT2D eigenvalue weighted by atomic mass is 10.0. The molecule has 7 heteroatoms. The van der Waals surface area contributed by atoms with Crippen molar-refractivity contribution in [1.29, 1.82) is 0 Å². The first kappa shape index (κ1) is 19.3. The first-order valence-electron chi connectivity index (χ1n) is 9.67. The number of hydrogen-bond donors (Lipinski definition) is 2. The van der Waals surface area contributed by atoms with Crippen LogP contribution < -0.4 is 5.32 Å². The summed E-state index contributed by atoms with van der Waals surface area (Å²) in [7, 11) is 0. The Morgan fingerprint density at radius 3 is 2.53 bits per heavy atom. The molecule has 0 aliphatic heterocycles. The summed E-state index contributed by atoms with van der Waals surface area (Å²) in [6.45, 7) is 0. The molecule has 1 amide bonds. The maximum absolute atomic E-state index is 12.3. The number of hydrogen-bond acceptors (Lipinski definition) is 4. The number of nitrogens with zero attached hydrogens (tertiary/aromatic N) is 2. The number of amides is 1. The van der Waals surface area contributed by atoms with Crippen LogP contribution in [0.1, 0.15) is 18.4 Å². The average molecular weight is 400 g/mol. The fraction of sp³-hybridized carbons (Fsp3) is 0.130. The molecule has 0 atom stereocenters. The van der Waals surface area contributed by atoms with E-state index >= 15 is 0 Å². The largest absolute Gasteiger partial charge is 0.353 e. The van der Waals surface area contributed by atoms with E-state index in [4.69, 9.17) is 0 Å². The van der Waals surface area contributed by atoms with E-state index in [1.54, 1.807) is 6.20 Å². The highest BCUT2D eigenvalue weighted by atomic mass is 16.6. The molecule has 7 nitrogen and oxygen atoms in total. The van der Waals surface area contributed by atoms with Gasteiger partial charge in [0.25, 0.3) is 5.69 Å². The van der Waals surface area contributed by atoms with Crippen LogP contribution >= 0.6 is 0 Å². The molecule has 0 saturated carbocycles. The number of pyridine rings is 1. The van der Waals surface area contributed by atoms with Gasteiger partial charge in [-0.2, -0.15) is 0 Å². The highest BCUT2D eigenvalue weighted by molar-refractivity contribution is 5.92. The Hall–Kier alpha value is -4.00. The van der Waals surface area contributed by atoms with E-state index in [1.165, 1.54) is 24.3 Å². The van der Waals surface area contributed by atoms with E-state index in [0.717, 1.165) is 34.3 Å². The lowest BCUT2D eigenvalue weighted by molar-refractivity contribution is -0.384. The zero-order valence-corrected chi connectivity index (χ0v) is 16.2. The predicted molar refractivity (Wildman–Crippen MR) is 116 cm³/mol.